The van der Waals surface area contributed by atoms with Crippen molar-refractivity contribution >= 4 is 17.7 Å². The van der Waals surface area contributed by atoms with E-state index in [0.29, 0.717) is 18.3 Å². The van der Waals surface area contributed by atoms with Gasteiger partial charge in [0.05, 0.1) is 0 Å². The van der Waals surface area contributed by atoms with Crippen LogP contribution in [0, 0.1) is 11.8 Å². The van der Waals surface area contributed by atoms with Crippen LogP contribution in [-0.2, 0) is 4.79 Å². The highest BCUT2D eigenvalue weighted by molar-refractivity contribution is 5.92. The number of hydrogen-bond acceptors (Lipinski definition) is 5. The summed E-state index contributed by atoms with van der Waals surface area (Å²) >= 11 is 0. The number of anilines is 1. The quantitative estimate of drug-likeness (QED) is 0.843. The Morgan fingerprint density at radius 3 is 2.76 bits per heavy atom. The Labute approximate surface area is 122 Å². The van der Waals surface area contributed by atoms with Gasteiger partial charge in [0.25, 0.3) is 5.91 Å². The van der Waals surface area contributed by atoms with Crippen LogP contribution in [-0.4, -0.2) is 46.8 Å². The molecule has 2 N–H and O–H groups in total. The van der Waals surface area contributed by atoms with Crippen molar-refractivity contribution in [2.24, 2.45) is 11.8 Å². The number of hydrogen-bond donors (Lipinski definition) is 2. The maximum absolute atomic E-state index is 11.6. The molecule has 2 heterocycles. The fourth-order valence-electron chi connectivity index (χ4n) is 3.59. The van der Waals surface area contributed by atoms with Crippen molar-refractivity contribution in [3.8, 4) is 0 Å². The largest absolute Gasteiger partial charge is 0.480 e. The van der Waals surface area contributed by atoms with Crippen LogP contribution < -0.4 is 10.2 Å². The minimum atomic E-state index is -0.804. The lowest BCUT2D eigenvalue weighted by Crippen LogP contribution is -2.40. The first-order valence-electron chi connectivity index (χ1n) is 7.17. The predicted molar refractivity (Wildman–Crippen MR) is 75.0 cm³/mol. The number of carbonyl (C=O) groups excluding carboxylic acids is 1. The zero-order valence-corrected chi connectivity index (χ0v) is 11.8. The van der Waals surface area contributed by atoms with E-state index in [9.17, 15) is 14.7 Å². The van der Waals surface area contributed by atoms with E-state index in [1.165, 1.54) is 7.05 Å². The lowest BCUT2D eigenvalue weighted by atomic mass is 9.94. The highest BCUT2D eigenvalue weighted by atomic mass is 16.4. The van der Waals surface area contributed by atoms with Crippen molar-refractivity contribution in [1.29, 1.82) is 0 Å². The smallest absolute Gasteiger partial charge is 0.326 e. The second-order valence-corrected chi connectivity index (χ2v) is 5.65. The Bertz CT molecular complexity index is 560. The van der Waals surface area contributed by atoms with Crippen LogP contribution in [0.4, 0.5) is 5.82 Å². The van der Waals surface area contributed by atoms with Crippen LogP contribution in [0.15, 0.2) is 12.1 Å². The summed E-state index contributed by atoms with van der Waals surface area (Å²) in [6.07, 6.45) is 3.14. The van der Waals surface area contributed by atoms with Crippen molar-refractivity contribution in [3.05, 3.63) is 17.8 Å². The standard InChI is InChI=1S/C14H18N4O3/c1-15-13(19)10-5-6-11(17-16-10)18-7-8-3-2-4-9(8)12(18)14(20)21/h5-6,8-9,12H,2-4,7H2,1H3,(H,15,19)(H,20,21). The number of aliphatic carboxylic acids is 1. The number of nitrogens with zero attached hydrogens (tertiary/aromatic N) is 3. The van der Waals surface area contributed by atoms with E-state index >= 15 is 0 Å². The molecule has 0 spiro atoms. The van der Waals surface area contributed by atoms with Gasteiger partial charge in [0, 0.05) is 13.6 Å². The summed E-state index contributed by atoms with van der Waals surface area (Å²) < 4.78 is 0. The van der Waals surface area contributed by atoms with Crippen LogP contribution in [0.25, 0.3) is 0 Å². The molecule has 3 atom stereocenters. The van der Waals surface area contributed by atoms with Gasteiger partial charge in [0.1, 0.15) is 6.04 Å². The molecule has 2 aliphatic rings. The average Bonchev–Trinajstić information content (AvgIpc) is 3.06. The van der Waals surface area contributed by atoms with Gasteiger partial charge in [-0.2, -0.15) is 0 Å². The summed E-state index contributed by atoms with van der Waals surface area (Å²) in [5, 5.41) is 19.9. The number of carboxylic acid groups (broad SMARTS) is 1. The van der Waals surface area contributed by atoms with Crippen LogP contribution in [0.2, 0.25) is 0 Å². The van der Waals surface area contributed by atoms with Gasteiger partial charge in [-0.05, 0) is 36.8 Å². The van der Waals surface area contributed by atoms with E-state index in [1.807, 2.05) is 4.90 Å². The molecule has 3 unspecified atom stereocenters. The molecule has 21 heavy (non-hydrogen) atoms. The van der Waals surface area contributed by atoms with Gasteiger partial charge < -0.3 is 15.3 Å². The molecule has 2 fully saturated rings. The van der Waals surface area contributed by atoms with Crippen molar-refractivity contribution in [3.63, 3.8) is 0 Å². The normalized spacial score (nSPS) is 27.5. The lowest BCUT2D eigenvalue weighted by molar-refractivity contribution is -0.139. The number of carboxylic acids is 1. The molecule has 1 aromatic rings. The lowest BCUT2D eigenvalue weighted by Gasteiger charge is -2.24. The highest BCUT2D eigenvalue weighted by Gasteiger charge is 2.48. The second kappa shape index (κ2) is 5.31. The highest BCUT2D eigenvalue weighted by Crippen LogP contribution is 2.43. The van der Waals surface area contributed by atoms with E-state index < -0.39 is 12.0 Å². The van der Waals surface area contributed by atoms with E-state index in [2.05, 4.69) is 15.5 Å². The van der Waals surface area contributed by atoms with Crippen molar-refractivity contribution in [1.82, 2.24) is 15.5 Å². The fourth-order valence-corrected chi connectivity index (χ4v) is 3.59. The van der Waals surface area contributed by atoms with Gasteiger partial charge in [0.2, 0.25) is 0 Å². The molecule has 1 aliphatic carbocycles. The average molecular weight is 290 g/mol. The third kappa shape index (κ3) is 2.32. The summed E-state index contributed by atoms with van der Waals surface area (Å²) in [5.41, 5.74) is 0.229. The molecule has 0 bridgehead atoms. The van der Waals surface area contributed by atoms with E-state index in [-0.39, 0.29) is 17.5 Å². The van der Waals surface area contributed by atoms with Gasteiger partial charge in [0.15, 0.2) is 11.5 Å². The first-order chi connectivity index (χ1) is 10.1. The summed E-state index contributed by atoms with van der Waals surface area (Å²) in [5.74, 6) is 0.0441. The van der Waals surface area contributed by atoms with E-state index in [4.69, 9.17) is 0 Å². The number of rotatable bonds is 3. The maximum Gasteiger partial charge on any atom is 0.326 e. The van der Waals surface area contributed by atoms with Gasteiger partial charge in [-0.25, -0.2) is 4.79 Å². The number of carbonyl (C=O) groups is 2. The van der Waals surface area contributed by atoms with E-state index in [1.54, 1.807) is 12.1 Å². The molecule has 0 radical (unpaired) electrons. The van der Waals surface area contributed by atoms with Crippen LogP contribution in [0.1, 0.15) is 29.8 Å². The molecule has 1 amide bonds. The molecule has 7 heteroatoms. The minimum Gasteiger partial charge on any atom is -0.480 e. The zero-order valence-electron chi connectivity index (χ0n) is 11.8. The van der Waals surface area contributed by atoms with Crippen molar-refractivity contribution < 1.29 is 14.7 Å². The Morgan fingerprint density at radius 1 is 1.33 bits per heavy atom. The Kier molecular flexibility index (Phi) is 3.48. The molecule has 3 rings (SSSR count). The summed E-state index contributed by atoms with van der Waals surface area (Å²) in [7, 11) is 1.53. The summed E-state index contributed by atoms with van der Waals surface area (Å²) in [6, 6.07) is 2.72. The molecule has 1 aromatic heterocycles. The third-order valence-electron chi connectivity index (χ3n) is 4.55. The number of amides is 1. The molecule has 0 aromatic carbocycles. The SMILES string of the molecule is CNC(=O)c1ccc(N2CC3CCCC3C2C(=O)O)nn1. The van der Waals surface area contributed by atoms with Gasteiger partial charge in [-0.3, -0.25) is 4.79 Å². The van der Waals surface area contributed by atoms with Crippen LogP contribution in [0.3, 0.4) is 0 Å². The summed E-state index contributed by atoms with van der Waals surface area (Å²) in [6.45, 7) is 0.704. The molecule has 1 saturated carbocycles. The monoisotopic (exact) mass is 290 g/mol. The summed E-state index contributed by atoms with van der Waals surface area (Å²) in [4.78, 5) is 24.9. The molecule has 1 aliphatic heterocycles. The third-order valence-corrected chi connectivity index (χ3v) is 4.55. The topological polar surface area (TPSA) is 95.4 Å². The van der Waals surface area contributed by atoms with Gasteiger partial charge in [-0.1, -0.05) is 6.42 Å². The fraction of sp³-hybridized carbons (Fsp3) is 0.571. The van der Waals surface area contributed by atoms with Crippen LogP contribution in [0.5, 0.6) is 0 Å². The second-order valence-electron chi connectivity index (χ2n) is 5.65. The minimum absolute atomic E-state index is 0.197. The molecule has 112 valence electrons. The molecule has 1 saturated heterocycles. The number of nitrogens with one attached hydrogen (secondary N) is 1. The number of aromatic nitrogens is 2. The Morgan fingerprint density at radius 2 is 2.14 bits per heavy atom. The molecular formula is C14H18N4O3. The first kappa shape index (κ1) is 13.8. The van der Waals surface area contributed by atoms with Gasteiger partial charge in [-0.15, -0.1) is 10.2 Å². The van der Waals surface area contributed by atoms with Crippen molar-refractivity contribution in [2.75, 3.05) is 18.5 Å². The number of fused-ring (bicyclic) bond motifs is 1. The molecule has 7 nitrogen and oxygen atoms in total. The van der Waals surface area contributed by atoms with Crippen LogP contribution >= 0.6 is 0 Å². The van der Waals surface area contributed by atoms with E-state index in [0.717, 1.165) is 19.3 Å². The maximum atomic E-state index is 11.6. The Balaban J connectivity index is 1.85. The van der Waals surface area contributed by atoms with Crippen molar-refractivity contribution in [2.45, 2.75) is 25.3 Å². The Hall–Kier alpha value is -2.18. The molecular weight excluding hydrogens is 272 g/mol. The first-order valence-corrected chi connectivity index (χ1v) is 7.17. The van der Waals surface area contributed by atoms with Gasteiger partial charge >= 0.3 is 5.97 Å². The predicted octanol–water partition coefficient (Wildman–Crippen LogP) is 0.526. The zero-order chi connectivity index (χ0) is 15.0.